The van der Waals surface area contributed by atoms with Gasteiger partial charge in [-0.25, -0.2) is 0 Å². The number of amides is 1. The molecule has 1 heterocycles. The number of Topliss-reactive ketones (excluding diaryl/α,β-unsaturated/α-hetero) is 1. The van der Waals surface area contributed by atoms with Crippen molar-refractivity contribution in [2.45, 2.75) is 19.0 Å². The van der Waals surface area contributed by atoms with Gasteiger partial charge in [0, 0.05) is 24.6 Å². The van der Waals surface area contributed by atoms with Crippen molar-refractivity contribution in [3.8, 4) is 0 Å². The Morgan fingerprint density at radius 2 is 1.60 bits per heavy atom. The molecule has 3 nitrogen and oxygen atoms in total. The van der Waals surface area contributed by atoms with E-state index in [-0.39, 0.29) is 37.6 Å². The SMILES string of the molecule is O=C(c1ccccc1)C1CCN(C(=O)C(F)(F)F)CC1. The Morgan fingerprint density at radius 1 is 1.05 bits per heavy atom. The molecule has 1 aromatic rings. The number of hydrogen-bond donors (Lipinski definition) is 0. The molecule has 0 aliphatic carbocycles. The van der Waals surface area contributed by atoms with Gasteiger partial charge in [0.05, 0.1) is 0 Å². The number of piperidine rings is 1. The fraction of sp³-hybridized carbons (Fsp3) is 0.429. The molecule has 0 N–H and O–H groups in total. The highest BCUT2D eigenvalue weighted by Crippen LogP contribution is 2.25. The average Bonchev–Trinajstić information content (AvgIpc) is 2.46. The molecule has 1 saturated heterocycles. The molecule has 1 aliphatic rings. The number of halogens is 3. The van der Waals surface area contributed by atoms with Crippen molar-refractivity contribution < 1.29 is 22.8 Å². The Labute approximate surface area is 114 Å². The summed E-state index contributed by atoms with van der Waals surface area (Å²) in [6, 6.07) is 8.66. The summed E-state index contributed by atoms with van der Waals surface area (Å²) < 4.78 is 36.9. The van der Waals surface area contributed by atoms with E-state index in [1.54, 1.807) is 30.3 Å². The van der Waals surface area contributed by atoms with Crippen molar-refractivity contribution in [1.29, 1.82) is 0 Å². The second-order valence-corrected chi connectivity index (χ2v) is 4.79. The van der Waals surface area contributed by atoms with Crippen LogP contribution in [0, 0.1) is 5.92 Å². The quantitative estimate of drug-likeness (QED) is 0.783. The highest BCUT2D eigenvalue weighted by atomic mass is 19.4. The van der Waals surface area contributed by atoms with Crippen LogP contribution in [0.2, 0.25) is 0 Å². The fourth-order valence-electron chi connectivity index (χ4n) is 2.36. The number of carbonyl (C=O) groups excluding carboxylic acids is 2. The number of likely N-dealkylation sites (tertiary alicyclic amines) is 1. The lowest BCUT2D eigenvalue weighted by Gasteiger charge is -2.31. The molecule has 0 spiro atoms. The van der Waals surface area contributed by atoms with Crippen molar-refractivity contribution >= 4 is 11.7 Å². The van der Waals surface area contributed by atoms with Gasteiger partial charge in [-0.3, -0.25) is 9.59 Å². The number of rotatable bonds is 2. The van der Waals surface area contributed by atoms with Crippen LogP contribution in [0.4, 0.5) is 13.2 Å². The van der Waals surface area contributed by atoms with E-state index in [0.717, 1.165) is 4.90 Å². The van der Waals surface area contributed by atoms with E-state index in [1.165, 1.54) is 0 Å². The van der Waals surface area contributed by atoms with Crippen LogP contribution in [0.25, 0.3) is 0 Å². The number of hydrogen-bond acceptors (Lipinski definition) is 2. The molecular weight excluding hydrogens is 271 g/mol. The molecule has 20 heavy (non-hydrogen) atoms. The van der Waals surface area contributed by atoms with Gasteiger partial charge in [-0.1, -0.05) is 30.3 Å². The molecule has 1 amide bonds. The lowest BCUT2D eigenvalue weighted by atomic mass is 9.89. The van der Waals surface area contributed by atoms with Gasteiger partial charge in [0.15, 0.2) is 5.78 Å². The standard InChI is InChI=1S/C14H14F3NO2/c15-14(16,17)13(20)18-8-6-11(7-9-18)12(19)10-4-2-1-3-5-10/h1-5,11H,6-9H2. The van der Waals surface area contributed by atoms with Gasteiger partial charge in [0.1, 0.15) is 0 Å². The van der Waals surface area contributed by atoms with Crippen molar-refractivity contribution in [2.75, 3.05) is 13.1 Å². The monoisotopic (exact) mass is 285 g/mol. The second kappa shape index (κ2) is 5.64. The molecule has 0 aromatic heterocycles. The van der Waals surface area contributed by atoms with Gasteiger partial charge >= 0.3 is 12.1 Å². The third kappa shape index (κ3) is 3.18. The molecule has 6 heteroatoms. The Morgan fingerprint density at radius 3 is 2.10 bits per heavy atom. The van der Waals surface area contributed by atoms with E-state index in [2.05, 4.69) is 0 Å². The summed E-state index contributed by atoms with van der Waals surface area (Å²) in [5, 5.41) is 0. The maximum absolute atomic E-state index is 12.3. The molecule has 0 radical (unpaired) electrons. The minimum atomic E-state index is -4.84. The first kappa shape index (κ1) is 14.6. The van der Waals surface area contributed by atoms with Crippen LogP contribution in [0.15, 0.2) is 30.3 Å². The molecule has 1 fully saturated rings. The van der Waals surface area contributed by atoms with Crippen LogP contribution in [-0.4, -0.2) is 35.9 Å². The summed E-state index contributed by atoms with van der Waals surface area (Å²) in [6.07, 6.45) is -4.29. The molecule has 1 aliphatic heterocycles. The maximum Gasteiger partial charge on any atom is 0.471 e. The van der Waals surface area contributed by atoms with Crippen LogP contribution in [0.3, 0.4) is 0 Å². The predicted molar refractivity (Wildman–Crippen MR) is 66.1 cm³/mol. The highest BCUT2D eigenvalue weighted by molar-refractivity contribution is 5.98. The van der Waals surface area contributed by atoms with Gasteiger partial charge in [-0.05, 0) is 12.8 Å². The van der Waals surface area contributed by atoms with E-state index in [1.807, 2.05) is 0 Å². The first-order chi connectivity index (χ1) is 9.39. The normalized spacial score (nSPS) is 17.1. The summed E-state index contributed by atoms with van der Waals surface area (Å²) in [5.41, 5.74) is 0.563. The summed E-state index contributed by atoms with van der Waals surface area (Å²) >= 11 is 0. The smallest absolute Gasteiger partial charge is 0.335 e. The van der Waals surface area contributed by atoms with Crippen molar-refractivity contribution in [2.24, 2.45) is 5.92 Å². The first-order valence-electron chi connectivity index (χ1n) is 6.35. The number of carbonyl (C=O) groups is 2. The van der Waals surface area contributed by atoms with Crippen molar-refractivity contribution in [3.05, 3.63) is 35.9 Å². The Kier molecular flexibility index (Phi) is 4.11. The fourth-order valence-corrected chi connectivity index (χ4v) is 2.36. The zero-order valence-corrected chi connectivity index (χ0v) is 10.7. The summed E-state index contributed by atoms with van der Waals surface area (Å²) in [7, 11) is 0. The summed E-state index contributed by atoms with van der Waals surface area (Å²) in [6.45, 7) is -0.0524. The molecule has 0 bridgehead atoms. The van der Waals surface area contributed by atoms with Crippen molar-refractivity contribution in [1.82, 2.24) is 4.90 Å². The van der Waals surface area contributed by atoms with Gasteiger partial charge in [-0.2, -0.15) is 13.2 Å². The maximum atomic E-state index is 12.3. The largest absolute Gasteiger partial charge is 0.471 e. The molecule has 0 saturated carbocycles. The van der Waals surface area contributed by atoms with Crippen LogP contribution in [0.5, 0.6) is 0 Å². The van der Waals surface area contributed by atoms with Gasteiger partial charge in [0.25, 0.3) is 0 Å². The first-order valence-corrected chi connectivity index (χ1v) is 6.35. The highest BCUT2D eigenvalue weighted by Gasteiger charge is 2.43. The molecule has 1 aromatic carbocycles. The topological polar surface area (TPSA) is 37.4 Å². The molecule has 108 valence electrons. The molecule has 2 rings (SSSR count). The number of nitrogens with zero attached hydrogens (tertiary/aromatic N) is 1. The van der Waals surface area contributed by atoms with Crippen LogP contribution < -0.4 is 0 Å². The average molecular weight is 285 g/mol. The summed E-state index contributed by atoms with van der Waals surface area (Å²) in [4.78, 5) is 24.0. The van der Waals surface area contributed by atoms with E-state index >= 15 is 0 Å². The second-order valence-electron chi connectivity index (χ2n) is 4.79. The number of alkyl halides is 3. The Bertz CT molecular complexity index is 491. The molecule has 0 unspecified atom stereocenters. The lowest BCUT2D eigenvalue weighted by Crippen LogP contribution is -2.46. The summed E-state index contributed by atoms with van der Waals surface area (Å²) in [5.74, 6) is -2.19. The van der Waals surface area contributed by atoms with Crippen molar-refractivity contribution in [3.63, 3.8) is 0 Å². The molecule has 0 atom stereocenters. The van der Waals surface area contributed by atoms with Gasteiger partial charge < -0.3 is 4.90 Å². The zero-order chi connectivity index (χ0) is 14.8. The third-order valence-corrected chi connectivity index (χ3v) is 3.45. The van der Waals surface area contributed by atoms with Gasteiger partial charge in [-0.15, -0.1) is 0 Å². The van der Waals surface area contributed by atoms with E-state index < -0.39 is 12.1 Å². The zero-order valence-electron chi connectivity index (χ0n) is 10.7. The lowest BCUT2D eigenvalue weighted by molar-refractivity contribution is -0.186. The number of ketones is 1. The van der Waals surface area contributed by atoms with Crippen LogP contribution >= 0.6 is 0 Å². The Balaban J connectivity index is 1.95. The van der Waals surface area contributed by atoms with Crippen LogP contribution in [-0.2, 0) is 4.79 Å². The minimum absolute atomic E-state index is 0.0262. The van der Waals surface area contributed by atoms with Gasteiger partial charge in [0.2, 0.25) is 0 Å². The third-order valence-electron chi connectivity index (χ3n) is 3.45. The van der Waals surface area contributed by atoms with E-state index in [4.69, 9.17) is 0 Å². The van der Waals surface area contributed by atoms with Crippen LogP contribution in [0.1, 0.15) is 23.2 Å². The molecular formula is C14H14F3NO2. The van der Waals surface area contributed by atoms with E-state index in [0.29, 0.717) is 5.56 Å². The van der Waals surface area contributed by atoms with E-state index in [9.17, 15) is 22.8 Å². The number of benzene rings is 1. The minimum Gasteiger partial charge on any atom is -0.335 e. The predicted octanol–water partition coefficient (Wildman–Crippen LogP) is 2.67. The Hall–Kier alpha value is -1.85.